The van der Waals surface area contributed by atoms with Gasteiger partial charge >= 0.3 is 48.0 Å². The Morgan fingerprint density at radius 1 is 0.550 bits per heavy atom. The minimum absolute atomic E-state index is 0.00280. The third-order valence-electron chi connectivity index (χ3n) is 10.2. The van der Waals surface area contributed by atoms with Crippen LogP contribution in [0.4, 0.5) is 24.5 Å². The Labute approximate surface area is 452 Å². The van der Waals surface area contributed by atoms with Gasteiger partial charge in [0.05, 0.1) is 61.8 Å². The molecule has 29 nitrogen and oxygen atoms in total. The molecule has 80 heavy (non-hydrogen) atoms. The van der Waals surface area contributed by atoms with Gasteiger partial charge in [0, 0.05) is 26.2 Å². The van der Waals surface area contributed by atoms with E-state index in [1.54, 1.807) is 0 Å². The third kappa shape index (κ3) is 21.0. The Morgan fingerprint density at radius 3 is 1.24 bits per heavy atom. The van der Waals surface area contributed by atoms with Crippen molar-refractivity contribution < 1.29 is 103 Å². The lowest BCUT2D eigenvalue weighted by molar-refractivity contribution is -0.202. The summed E-state index contributed by atoms with van der Waals surface area (Å²) in [5.74, 6) is -12.6. The number of hydrogen-bond donors (Lipinski definition) is 9. The van der Waals surface area contributed by atoms with Crippen LogP contribution in [-0.2, 0) is 71.7 Å². The number of nitrogens with two attached hydrogens (primary N) is 4. The van der Waals surface area contributed by atoms with Crippen LogP contribution < -0.4 is 41.9 Å². The average Bonchev–Trinajstić information content (AvgIpc) is 3.37. The van der Waals surface area contributed by atoms with E-state index < -0.39 is 146 Å². The smallest absolute Gasteiger partial charge is 0.481 e. The number of hydrogen-bond acceptors (Lipinski definition) is 18. The quantitative estimate of drug-likeness (QED) is 0.00819. The number of rotatable bonds is 31. The Bertz CT molecular complexity index is 3130. The number of nitrogens with zero attached hydrogens (tertiary/aromatic N) is 4. The van der Waals surface area contributed by atoms with Crippen LogP contribution in [0.15, 0.2) is 107 Å². The van der Waals surface area contributed by atoms with Crippen molar-refractivity contribution in [1.82, 2.24) is 18.1 Å². The Kier molecular flexibility index (Phi) is 23.5. The number of carboxylic acids is 3. The number of alkyl halides is 3. The minimum atomic E-state index is -5.68. The van der Waals surface area contributed by atoms with Crippen molar-refractivity contribution >= 4 is 85.5 Å². The van der Waals surface area contributed by atoms with E-state index in [2.05, 4.69) is 24.2 Å². The maximum Gasteiger partial charge on any atom is 0.491 e. The lowest BCUT2D eigenvalue weighted by Crippen LogP contribution is -2.52. The molecular formula is C46H51F3N10O19S2. The monoisotopic (exact) mass is 1170 g/mol. The van der Waals surface area contributed by atoms with Crippen molar-refractivity contribution in [3.63, 3.8) is 0 Å². The molecule has 2 atom stereocenters. The molecular weight excluding hydrogens is 1120 g/mol. The summed E-state index contributed by atoms with van der Waals surface area (Å²) in [7, 11) is -9.88. The largest absolute Gasteiger partial charge is 0.491 e. The van der Waals surface area contributed by atoms with Crippen LogP contribution in [0.2, 0.25) is 0 Å². The Balaban J connectivity index is 1.37. The molecule has 0 aromatic heterocycles. The highest BCUT2D eigenvalue weighted by Crippen LogP contribution is 2.22. The predicted octanol–water partition coefficient (Wildman–Crippen LogP) is 0.344. The summed E-state index contributed by atoms with van der Waals surface area (Å²) in [6.07, 6.45) is -8.49. The highest BCUT2D eigenvalue weighted by molar-refractivity contribution is 7.87. The number of guanidine groups is 2. The summed E-state index contributed by atoms with van der Waals surface area (Å²) in [4.78, 5) is 92.7. The van der Waals surface area contributed by atoms with Crippen LogP contribution >= 0.6 is 0 Å². The fraction of sp³-hybridized carbons (Fsp3) is 0.283. The summed E-state index contributed by atoms with van der Waals surface area (Å²) >= 11 is 0. The van der Waals surface area contributed by atoms with Crippen molar-refractivity contribution in [2.24, 2.45) is 32.9 Å². The summed E-state index contributed by atoms with van der Waals surface area (Å²) < 4.78 is 123. The zero-order chi connectivity index (χ0) is 59.4. The highest BCUT2D eigenvalue weighted by atomic mass is 32.2. The first kappa shape index (κ1) is 63.9. The van der Waals surface area contributed by atoms with E-state index in [1.165, 1.54) is 97.1 Å². The van der Waals surface area contributed by atoms with E-state index in [0.29, 0.717) is 15.7 Å². The number of aliphatic carboxylic acids is 3. The molecule has 0 unspecified atom stereocenters. The van der Waals surface area contributed by atoms with E-state index in [0.717, 1.165) is 0 Å². The minimum Gasteiger partial charge on any atom is -0.481 e. The van der Waals surface area contributed by atoms with Crippen LogP contribution in [0.1, 0.15) is 44.7 Å². The summed E-state index contributed by atoms with van der Waals surface area (Å²) in [5.41, 5.74) is 22.8. The number of nitrogens with one attached hydrogen (secondary N) is 2. The summed E-state index contributed by atoms with van der Waals surface area (Å²) in [6, 6.07) is 17.3. The lowest BCUT2D eigenvalue weighted by Gasteiger charge is -2.28. The second-order valence-corrected chi connectivity index (χ2v) is 19.5. The van der Waals surface area contributed by atoms with Crippen LogP contribution in [0, 0.1) is 0 Å². The van der Waals surface area contributed by atoms with Gasteiger partial charge in [0.25, 0.3) is 20.4 Å². The normalized spacial score (nSPS) is 12.4. The highest BCUT2D eigenvalue weighted by Gasteiger charge is 2.44. The second-order valence-electron chi connectivity index (χ2n) is 16.1. The van der Waals surface area contributed by atoms with E-state index in [9.17, 15) is 78.9 Å². The van der Waals surface area contributed by atoms with Gasteiger partial charge in [0.2, 0.25) is 0 Å². The van der Waals surface area contributed by atoms with Gasteiger partial charge < -0.3 is 61.9 Å². The maximum absolute atomic E-state index is 13.7. The molecule has 0 amide bonds. The molecule has 0 radical (unpaired) electrons. The second kappa shape index (κ2) is 29.4. The number of ether oxygens (including phenoxy) is 5. The van der Waals surface area contributed by atoms with Crippen molar-refractivity contribution in [1.29, 1.82) is 0 Å². The third-order valence-corrected chi connectivity index (χ3v) is 13.4. The topological polar surface area (TPSA) is 454 Å². The number of halogens is 3. The molecule has 13 N–H and O–H groups in total. The number of carboxylic acid groups (broad SMARTS) is 3. The number of esters is 4. The average molecular weight is 1170 g/mol. The van der Waals surface area contributed by atoms with Crippen LogP contribution in [-0.4, -0.2) is 152 Å². The van der Waals surface area contributed by atoms with Crippen molar-refractivity contribution in [2.45, 2.75) is 44.2 Å². The Morgan fingerprint density at radius 2 is 0.912 bits per heavy atom. The predicted molar refractivity (Wildman–Crippen MR) is 270 cm³/mol. The van der Waals surface area contributed by atoms with Gasteiger partial charge in [-0.15, -0.1) is 0 Å². The van der Waals surface area contributed by atoms with Crippen molar-refractivity contribution in [3.8, 4) is 11.5 Å². The van der Waals surface area contributed by atoms with Gasteiger partial charge in [-0.3, -0.25) is 19.2 Å². The van der Waals surface area contributed by atoms with Crippen molar-refractivity contribution in [2.75, 3.05) is 39.5 Å². The van der Waals surface area contributed by atoms with Crippen LogP contribution in [0.3, 0.4) is 0 Å². The summed E-state index contributed by atoms with van der Waals surface area (Å²) in [6.45, 7) is -5.01. The zero-order valence-corrected chi connectivity index (χ0v) is 43.0. The standard InChI is InChI=1S/C46H51F3N10O19S2/c47-46(48,49)43(69)78-38(62)24-36(40(65)66)59(80(72,73)55-26-28-3-15-34(16-4-28)77-42(68)30-7-11-32(12-8-30)57-45(52)53)18-20-75-22-21-74-19-17-58(35(39(63)64)23-37(60)61)79(70,71)54-25-27-1-13-33(14-2-27)76-41(67)29-5-9-31(10-6-29)56-44(50)51/h1-16,35-36,54-55H,17-26H2,(H,60,61)(H,63,64)(H,65,66)(H4,50,51,56)(H4,52,53,57)/t35-,36-/m0/s1. The van der Waals surface area contributed by atoms with Gasteiger partial charge in [-0.2, -0.15) is 48.1 Å². The maximum atomic E-state index is 13.7. The molecule has 0 aliphatic heterocycles. The number of carbonyl (C=O) groups is 7. The number of aliphatic imine (C=N–C) groups is 2. The fourth-order valence-corrected chi connectivity index (χ4v) is 9.17. The van der Waals surface area contributed by atoms with Gasteiger partial charge in [-0.05, 0) is 83.9 Å². The molecule has 0 heterocycles. The molecule has 0 saturated heterocycles. The van der Waals surface area contributed by atoms with Gasteiger partial charge in [-0.1, -0.05) is 24.3 Å². The molecule has 0 saturated carbocycles. The van der Waals surface area contributed by atoms with E-state index >= 15 is 0 Å². The zero-order valence-electron chi connectivity index (χ0n) is 41.4. The molecule has 4 rings (SSSR count). The van der Waals surface area contributed by atoms with E-state index in [4.69, 9.17) is 41.9 Å². The first-order valence-electron chi connectivity index (χ1n) is 22.7. The van der Waals surface area contributed by atoms with Gasteiger partial charge in [0.15, 0.2) is 11.9 Å². The summed E-state index contributed by atoms with van der Waals surface area (Å²) in [5, 5.41) is 29.2. The number of benzene rings is 4. The Hall–Kier alpha value is -8.64. The van der Waals surface area contributed by atoms with E-state index in [-0.39, 0.29) is 50.0 Å². The number of carbonyl (C=O) groups excluding carboxylic acids is 4. The van der Waals surface area contributed by atoms with Crippen LogP contribution in [0.25, 0.3) is 0 Å². The SMILES string of the molecule is NC(N)=Nc1ccc(C(=O)Oc2ccc(CNS(=O)(=O)N(CCOCCOCCN([C@@H](CC(=O)OC(=O)C(F)(F)F)C(=O)O)S(=O)(=O)NCc3ccc(OC(=O)c4ccc(N=C(N)N)cc4)cc3)[C@@H](CC(=O)O)C(=O)O)cc2)cc1. The fourth-order valence-electron chi connectivity index (χ4n) is 6.51. The molecule has 4 aromatic carbocycles. The molecule has 0 bridgehead atoms. The van der Waals surface area contributed by atoms with Gasteiger partial charge in [0.1, 0.15) is 23.6 Å². The van der Waals surface area contributed by atoms with Crippen molar-refractivity contribution in [3.05, 3.63) is 119 Å². The molecule has 0 spiro atoms. The molecule has 0 aliphatic carbocycles. The first-order valence-corrected chi connectivity index (χ1v) is 25.6. The molecule has 34 heteroatoms. The van der Waals surface area contributed by atoms with Gasteiger partial charge in [-0.25, -0.2) is 24.4 Å². The lowest BCUT2D eigenvalue weighted by atomic mass is 10.2. The first-order chi connectivity index (χ1) is 37.5. The molecule has 0 aliphatic rings. The van der Waals surface area contributed by atoms with E-state index in [1.807, 2.05) is 0 Å². The molecule has 4 aromatic rings. The molecule has 432 valence electrons. The molecule has 0 fully saturated rings. The van der Waals surface area contributed by atoms with Crippen LogP contribution in [0.5, 0.6) is 11.5 Å².